The summed E-state index contributed by atoms with van der Waals surface area (Å²) in [4.78, 5) is 19.4. The van der Waals surface area contributed by atoms with E-state index in [0.29, 0.717) is 27.7 Å². The third-order valence-corrected chi connectivity index (χ3v) is 6.31. The van der Waals surface area contributed by atoms with E-state index in [1.807, 2.05) is 6.92 Å². The Bertz CT molecular complexity index is 1150. The van der Waals surface area contributed by atoms with Crippen molar-refractivity contribution in [2.45, 2.75) is 39.4 Å². The number of alkyl halides is 3. The number of ether oxygens (including phenoxy) is 1. The minimum Gasteiger partial charge on any atom is -0.463 e. The first-order valence-electron chi connectivity index (χ1n) is 10.8. The molecule has 9 heteroatoms. The monoisotopic (exact) mass is 487 g/mol. The Morgan fingerprint density at radius 1 is 1.21 bits per heavy atom. The predicted octanol–water partition coefficient (Wildman–Crippen LogP) is 6.47. The van der Waals surface area contributed by atoms with E-state index in [9.17, 15) is 18.0 Å². The van der Waals surface area contributed by atoms with Crippen LogP contribution in [0.4, 0.5) is 18.9 Å². The molecule has 0 aromatic heterocycles. The van der Waals surface area contributed by atoms with Crippen LogP contribution < -0.4 is 4.90 Å². The molecule has 34 heavy (non-hydrogen) atoms. The number of hydrogen-bond donors (Lipinski definition) is 0. The van der Waals surface area contributed by atoms with Gasteiger partial charge in [0.15, 0.2) is 5.17 Å². The van der Waals surface area contributed by atoms with Crippen molar-refractivity contribution in [3.63, 3.8) is 0 Å². The van der Waals surface area contributed by atoms with Crippen molar-refractivity contribution < 1.29 is 22.7 Å². The number of carbonyl (C=O) groups is 1. The minimum atomic E-state index is -4.51. The zero-order valence-corrected chi connectivity index (χ0v) is 19.8. The van der Waals surface area contributed by atoms with E-state index in [0.717, 1.165) is 18.6 Å². The molecule has 178 valence electrons. The first kappa shape index (κ1) is 25.4. The van der Waals surface area contributed by atoms with Gasteiger partial charge in [-0.1, -0.05) is 36.9 Å². The molecular formula is C25H24F3N3O2S. The number of anilines is 1. The normalized spacial score (nSPS) is 16.2. The molecule has 5 nitrogen and oxygen atoms in total. The van der Waals surface area contributed by atoms with Crippen molar-refractivity contribution in [2.75, 3.05) is 17.3 Å². The topological polar surface area (TPSA) is 65.7 Å². The van der Waals surface area contributed by atoms with E-state index in [1.165, 1.54) is 17.8 Å². The second-order valence-electron chi connectivity index (χ2n) is 7.50. The molecule has 1 atom stereocenters. The van der Waals surface area contributed by atoms with Gasteiger partial charge in [0.05, 0.1) is 29.4 Å². The number of hydrogen-bond acceptors (Lipinski definition) is 6. The number of thioether (sulfide) groups is 1. The highest BCUT2D eigenvalue weighted by Gasteiger charge is 2.36. The van der Waals surface area contributed by atoms with Crippen LogP contribution >= 0.6 is 11.8 Å². The van der Waals surface area contributed by atoms with E-state index < -0.39 is 23.8 Å². The SMILES string of the molecule is CCCSC1=NC(c2ccc(C#N)cc2)C(C(=O)OCC)=C(C)N1c1cccc(C(F)(F)F)c1. The summed E-state index contributed by atoms with van der Waals surface area (Å²) in [7, 11) is 0. The maximum absolute atomic E-state index is 13.4. The van der Waals surface area contributed by atoms with Crippen LogP contribution in [0.1, 0.15) is 49.9 Å². The lowest BCUT2D eigenvalue weighted by Crippen LogP contribution is -2.35. The Kier molecular flexibility index (Phi) is 8.05. The highest BCUT2D eigenvalue weighted by Crippen LogP contribution is 2.40. The molecule has 2 aromatic carbocycles. The third-order valence-electron chi connectivity index (χ3n) is 5.15. The summed E-state index contributed by atoms with van der Waals surface area (Å²) in [5, 5.41) is 9.61. The van der Waals surface area contributed by atoms with Crippen LogP contribution in [0.3, 0.4) is 0 Å². The van der Waals surface area contributed by atoms with Crippen LogP contribution in [-0.4, -0.2) is 23.5 Å². The maximum atomic E-state index is 13.4. The Balaban J connectivity index is 2.20. The summed E-state index contributed by atoms with van der Waals surface area (Å²) in [5.74, 6) is 0.103. The Morgan fingerprint density at radius 3 is 2.50 bits per heavy atom. The number of aliphatic imine (C=N–C) groups is 1. The van der Waals surface area contributed by atoms with Crippen LogP contribution in [0.2, 0.25) is 0 Å². The van der Waals surface area contributed by atoms with Gasteiger partial charge in [0, 0.05) is 17.1 Å². The van der Waals surface area contributed by atoms with Crippen molar-refractivity contribution in [1.29, 1.82) is 5.26 Å². The zero-order chi connectivity index (χ0) is 24.9. The van der Waals surface area contributed by atoms with E-state index in [4.69, 9.17) is 15.0 Å². The summed E-state index contributed by atoms with van der Waals surface area (Å²) >= 11 is 1.41. The maximum Gasteiger partial charge on any atom is 0.416 e. The Labute approximate surface area is 200 Å². The van der Waals surface area contributed by atoms with E-state index >= 15 is 0 Å². The van der Waals surface area contributed by atoms with Crippen LogP contribution in [0.25, 0.3) is 0 Å². The molecule has 0 aliphatic carbocycles. The highest BCUT2D eigenvalue weighted by atomic mass is 32.2. The van der Waals surface area contributed by atoms with Gasteiger partial charge in [-0.15, -0.1) is 0 Å². The largest absolute Gasteiger partial charge is 0.463 e. The standard InChI is InChI=1S/C25H24F3N3O2S/c1-4-13-34-24-30-22(18-11-9-17(15-29)10-12-18)21(23(32)33-5-2)16(3)31(24)20-8-6-7-19(14-20)25(26,27)28/h6-12,14,22H,4-5,13H2,1-3H3. The predicted molar refractivity (Wildman–Crippen MR) is 127 cm³/mol. The fraction of sp³-hybridized carbons (Fsp3) is 0.320. The van der Waals surface area contributed by atoms with Gasteiger partial charge < -0.3 is 4.74 Å². The van der Waals surface area contributed by atoms with Gasteiger partial charge in [0.25, 0.3) is 0 Å². The highest BCUT2D eigenvalue weighted by molar-refractivity contribution is 8.14. The molecule has 0 radical (unpaired) electrons. The van der Waals surface area contributed by atoms with Gasteiger partial charge >= 0.3 is 12.1 Å². The fourth-order valence-corrected chi connectivity index (χ4v) is 4.50. The van der Waals surface area contributed by atoms with E-state index in [2.05, 4.69) is 6.07 Å². The molecule has 0 saturated heterocycles. The molecule has 0 amide bonds. The van der Waals surface area contributed by atoms with Gasteiger partial charge in [-0.3, -0.25) is 4.90 Å². The number of nitriles is 1. The number of halogens is 3. The lowest BCUT2D eigenvalue weighted by molar-refractivity contribution is -0.139. The van der Waals surface area contributed by atoms with Crippen LogP contribution in [0.5, 0.6) is 0 Å². The molecule has 0 N–H and O–H groups in total. The van der Waals surface area contributed by atoms with Crippen molar-refractivity contribution in [1.82, 2.24) is 0 Å². The number of allylic oxidation sites excluding steroid dienone is 1. The molecule has 1 aliphatic heterocycles. The van der Waals surface area contributed by atoms with Crippen molar-refractivity contribution in [3.05, 3.63) is 76.5 Å². The smallest absolute Gasteiger partial charge is 0.416 e. The number of benzene rings is 2. The number of carbonyl (C=O) groups excluding carboxylic acids is 1. The molecule has 1 unspecified atom stereocenters. The summed E-state index contributed by atoms with van der Waals surface area (Å²) in [6.45, 7) is 5.50. The Hall–Kier alpha value is -3.25. The lowest BCUT2D eigenvalue weighted by Gasteiger charge is -2.35. The van der Waals surface area contributed by atoms with Crippen LogP contribution in [0, 0.1) is 11.3 Å². The molecular weight excluding hydrogens is 463 g/mol. The first-order valence-corrected chi connectivity index (χ1v) is 11.8. The second kappa shape index (κ2) is 10.8. The molecule has 3 rings (SSSR count). The van der Waals surface area contributed by atoms with Gasteiger partial charge in [0.2, 0.25) is 0 Å². The number of rotatable bonds is 6. The van der Waals surface area contributed by atoms with Crippen molar-refractivity contribution >= 4 is 28.6 Å². The second-order valence-corrected chi connectivity index (χ2v) is 8.56. The molecule has 0 fully saturated rings. The van der Waals surface area contributed by atoms with Gasteiger partial charge in [-0.05, 0) is 56.2 Å². The van der Waals surface area contributed by atoms with Crippen LogP contribution in [-0.2, 0) is 15.7 Å². The molecule has 0 bridgehead atoms. The first-order chi connectivity index (χ1) is 16.2. The number of nitrogens with zero attached hydrogens (tertiary/aromatic N) is 3. The average Bonchev–Trinajstić information content (AvgIpc) is 2.82. The van der Waals surface area contributed by atoms with Gasteiger partial charge in [0.1, 0.15) is 6.04 Å². The molecule has 1 heterocycles. The summed E-state index contributed by atoms with van der Waals surface area (Å²) in [5.41, 5.74) is 1.30. The third kappa shape index (κ3) is 5.45. The molecule has 0 spiro atoms. The zero-order valence-electron chi connectivity index (χ0n) is 19.0. The van der Waals surface area contributed by atoms with Crippen LogP contribution in [0.15, 0.2) is 64.8 Å². The molecule has 1 aliphatic rings. The van der Waals surface area contributed by atoms with E-state index in [-0.39, 0.29) is 17.9 Å². The lowest BCUT2D eigenvalue weighted by atomic mass is 9.95. The quantitative estimate of drug-likeness (QED) is 0.437. The molecule has 0 saturated carbocycles. The Morgan fingerprint density at radius 2 is 1.91 bits per heavy atom. The minimum absolute atomic E-state index is 0.139. The summed E-state index contributed by atoms with van der Waals surface area (Å²) in [6, 6.07) is 13.0. The fourth-order valence-electron chi connectivity index (χ4n) is 3.56. The number of amidine groups is 1. The average molecular weight is 488 g/mol. The van der Waals surface area contributed by atoms with Gasteiger partial charge in [-0.2, -0.15) is 18.4 Å². The summed E-state index contributed by atoms with van der Waals surface area (Å²) in [6.07, 6.45) is -3.68. The number of esters is 1. The van der Waals surface area contributed by atoms with E-state index in [1.54, 1.807) is 49.1 Å². The molecule has 2 aromatic rings. The van der Waals surface area contributed by atoms with Crippen molar-refractivity contribution in [2.24, 2.45) is 4.99 Å². The summed E-state index contributed by atoms with van der Waals surface area (Å²) < 4.78 is 45.6. The van der Waals surface area contributed by atoms with Gasteiger partial charge in [-0.25, -0.2) is 9.79 Å². The van der Waals surface area contributed by atoms with Crippen molar-refractivity contribution in [3.8, 4) is 6.07 Å².